The minimum absolute atomic E-state index is 0.0294. The molecule has 0 saturated carbocycles. The zero-order chi connectivity index (χ0) is 20.8. The molecule has 2 rings (SSSR count). The van der Waals surface area contributed by atoms with Crippen molar-refractivity contribution in [1.82, 2.24) is 5.32 Å². The summed E-state index contributed by atoms with van der Waals surface area (Å²) in [6.45, 7) is 12.1. The number of rotatable bonds is 8. The van der Waals surface area contributed by atoms with Gasteiger partial charge >= 0.3 is 0 Å². The van der Waals surface area contributed by atoms with E-state index >= 15 is 0 Å². The predicted molar refractivity (Wildman–Crippen MR) is 117 cm³/mol. The molecule has 0 aliphatic carbocycles. The number of hydrogen-bond donors (Lipinski definition) is 1. The van der Waals surface area contributed by atoms with Gasteiger partial charge in [-0.1, -0.05) is 56.6 Å². The van der Waals surface area contributed by atoms with Crippen molar-refractivity contribution in [3.8, 4) is 5.75 Å². The summed E-state index contributed by atoms with van der Waals surface area (Å²) in [4.78, 5) is 12.7. The monoisotopic (exact) mass is 401 g/mol. The highest BCUT2D eigenvalue weighted by molar-refractivity contribution is 6.32. The van der Waals surface area contributed by atoms with Crippen LogP contribution in [0.25, 0.3) is 0 Å². The third-order valence-corrected chi connectivity index (χ3v) is 5.93. The average molecular weight is 402 g/mol. The molecule has 0 saturated heterocycles. The van der Waals surface area contributed by atoms with E-state index in [0.29, 0.717) is 11.7 Å². The molecule has 2 aromatic carbocycles. The van der Waals surface area contributed by atoms with Gasteiger partial charge < -0.3 is 10.1 Å². The molecule has 28 heavy (non-hydrogen) atoms. The second-order valence-electron chi connectivity index (χ2n) is 7.58. The quantitative estimate of drug-likeness (QED) is 0.547. The highest BCUT2D eigenvalue weighted by atomic mass is 35.5. The van der Waals surface area contributed by atoms with Crippen LogP contribution in [-0.4, -0.2) is 12.0 Å². The van der Waals surface area contributed by atoms with Crippen molar-refractivity contribution in [1.29, 1.82) is 0 Å². The first kappa shape index (κ1) is 22.3. The first-order valence-electron chi connectivity index (χ1n) is 10.1. The van der Waals surface area contributed by atoms with Gasteiger partial charge in [-0.3, -0.25) is 4.79 Å². The van der Waals surface area contributed by atoms with Gasteiger partial charge in [-0.05, 0) is 73.9 Å². The maximum atomic E-state index is 12.7. The summed E-state index contributed by atoms with van der Waals surface area (Å²) in [5.41, 5.74) is 4.33. The van der Waals surface area contributed by atoms with Crippen molar-refractivity contribution in [2.75, 3.05) is 0 Å². The molecule has 4 heteroatoms. The summed E-state index contributed by atoms with van der Waals surface area (Å²) in [5, 5.41) is 3.85. The van der Waals surface area contributed by atoms with Crippen LogP contribution < -0.4 is 10.1 Å². The second kappa shape index (κ2) is 9.97. The highest BCUT2D eigenvalue weighted by Crippen LogP contribution is 2.27. The summed E-state index contributed by atoms with van der Waals surface area (Å²) in [6.07, 6.45) is 1.35. The molecule has 0 aliphatic rings. The molecule has 0 heterocycles. The number of benzene rings is 2. The lowest BCUT2D eigenvalue weighted by Gasteiger charge is -2.22. The molecule has 0 fully saturated rings. The fourth-order valence-corrected chi connectivity index (χ4v) is 3.34. The Hall–Kier alpha value is -2.00. The highest BCUT2D eigenvalue weighted by Gasteiger charge is 2.20. The van der Waals surface area contributed by atoms with E-state index in [9.17, 15) is 4.79 Å². The SMILES string of the molecule is CC[C@H](NC(=O)[C@H](C)Oc1cc(C)c(Cl)c(C)c1)c1ccc([C@@H](C)CC)cc1. The van der Waals surface area contributed by atoms with Crippen molar-refractivity contribution >= 4 is 17.5 Å². The number of nitrogens with one attached hydrogen (secondary N) is 1. The van der Waals surface area contributed by atoms with Gasteiger partial charge in [-0.2, -0.15) is 0 Å². The molecule has 0 aromatic heterocycles. The third-order valence-electron chi connectivity index (χ3n) is 5.34. The number of carbonyl (C=O) groups is 1. The molecule has 1 N–H and O–H groups in total. The zero-order valence-corrected chi connectivity index (χ0v) is 18.6. The van der Waals surface area contributed by atoms with Gasteiger partial charge in [0.2, 0.25) is 0 Å². The Kier molecular flexibility index (Phi) is 7.94. The Bertz CT molecular complexity index is 778. The molecular formula is C24H32ClNO2. The van der Waals surface area contributed by atoms with Crippen LogP contribution in [0.4, 0.5) is 0 Å². The van der Waals surface area contributed by atoms with Crippen LogP contribution in [0.15, 0.2) is 36.4 Å². The minimum atomic E-state index is -0.589. The van der Waals surface area contributed by atoms with E-state index in [1.807, 2.05) is 26.0 Å². The smallest absolute Gasteiger partial charge is 0.261 e. The first-order chi connectivity index (χ1) is 13.3. The lowest BCUT2D eigenvalue weighted by atomic mass is 9.95. The van der Waals surface area contributed by atoms with Crippen molar-refractivity contribution in [3.05, 3.63) is 63.7 Å². The number of carbonyl (C=O) groups excluding carboxylic acids is 1. The van der Waals surface area contributed by atoms with Crippen LogP contribution in [0.1, 0.15) is 74.8 Å². The van der Waals surface area contributed by atoms with E-state index in [2.05, 4.69) is 50.4 Å². The fraction of sp³-hybridized carbons (Fsp3) is 0.458. The van der Waals surface area contributed by atoms with Gasteiger partial charge in [-0.25, -0.2) is 0 Å². The van der Waals surface area contributed by atoms with Crippen molar-refractivity contribution < 1.29 is 9.53 Å². The van der Waals surface area contributed by atoms with E-state index in [-0.39, 0.29) is 11.9 Å². The van der Waals surface area contributed by atoms with E-state index in [1.165, 1.54) is 5.56 Å². The van der Waals surface area contributed by atoms with Gasteiger partial charge in [0.1, 0.15) is 5.75 Å². The molecule has 0 spiro atoms. The van der Waals surface area contributed by atoms with Crippen molar-refractivity contribution in [2.45, 2.75) is 72.4 Å². The Balaban J connectivity index is 2.04. The predicted octanol–water partition coefficient (Wildman–Crippen LogP) is 6.51. The largest absolute Gasteiger partial charge is 0.481 e. The van der Waals surface area contributed by atoms with Crippen LogP contribution in [0.2, 0.25) is 5.02 Å². The lowest BCUT2D eigenvalue weighted by molar-refractivity contribution is -0.128. The molecular weight excluding hydrogens is 370 g/mol. The fourth-order valence-electron chi connectivity index (χ4n) is 3.23. The van der Waals surface area contributed by atoms with Crippen LogP contribution in [-0.2, 0) is 4.79 Å². The Labute approximate surface area is 174 Å². The molecule has 0 bridgehead atoms. The minimum Gasteiger partial charge on any atom is -0.481 e. The molecule has 152 valence electrons. The molecule has 2 aromatic rings. The van der Waals surface area contributed by atoms with Crippen LogP contribution in [0, 0.1) is 13.8 Å². The van der Waals surface area contributed by atoms with Gasteiger partial charge in [0.25, 0.3) is 5.91 Å². The molecule has 3 atom stereocenters. The summed E-state index contributed by atoms with van der Waals surface area (Å²) in [5.74, 6) is 1.08. The van der Waals surface area contributed by atoms with E-state index in [0.717, 1.165) is 34.6 Å². The van der Waals surface area contributed by atoms with Crippen molar-refractivity contribution in [3.63, 3.8) is 0 Å². The summed E-state index contributed by atoms with van der Waals surface area (Å²) in [6, 6.07) is 12.3. The second-order valence-corrected chi connectivity index (χ2v) is 7.95. The summed E-state index contributed by atoms with van der Waals surface area (Å²) in [7, 11) is 0. The number of halogens is 1. The van der Waals surface area contributed by atoms with Gasteiger partial charge in [0.15, 0.2) is 6.10 Å². The summed E-state index contributed by atoms with van der Waals surface area (Å²) < 4.78 is 5.87. The van der Waals surface area contributed by atoms with E-state index in [4.69, 9.17) is 16.3 Å². The van der Waals surface area contributed by atoms with Crippen LogP contribution in [0.5, 0.6) is 5.75 Å². The van der Waals surface area contributed by atoms with E-state index in [1.54, 1.807) is 6.92 Å². The average Bonchev–Trinajstić information content (AvgIpc) is 2.69. The third kappa shape index (κ3) is 5.51. The molecule has 0 unspecified atom stereocenters. The number of aryl methyl sites for hydroxylation is 2. The maximum Gasteiger partial charge on any atom is 0.261 e. The van der Waals surface area contributed by atoms with Gasteiger partial charge in [0.05, 0.1) is 6.04 Å². The molecule has 0 aliphatic heterocycles. The Morgan fingerprint density at radius 1 is 1.00 bits per heavy atom. The van der Waals surface area contributed by atoms with E-state index < -0.39 is 6.10 Å². The maximum absolute atomic E-state index is 12.7. The number of hydrogen-bond acceptors (Lipinski definition) is 2. The zero-order valence-electron chi connectivity index (χ0n) is 17.8. The van der Waals surface area contributed by atoms with Gasteiger partial charge in [0, 0.05) is 5.02 Å². The standard InChI is InChI=1S/C24H32ClNO2/c1-7-15(3)19-9-11-20(12-10-19)22(8-2)26-24(27)18(6)28-21-13-16(4)23(25)17(5)14-21/h9-15,18,22H,7-8H2,1-6H3,(H,26,27)/t15-,18-,22-/m0/s1. The molecule has 0 radical (unpaired) electrons. The lowest BCUT2D eigenvalue weighted by Crippen LogP contribution is -2.38. The Morgan fingerprint density at radius 3 is 2.04 bits per heavy atom. The Morgan fingerprint density at radius 2 is 1.54 bits per heavy atom. The molecule has 3 nitrogen and oxygen atoms in total. The van der Waals surface area contributed by atoms with Crippen molar-refractivity contribution in [2.24, 2.45) is 0 Å². The first-order valence-corrected chi connectivity index (χ1v) is 10.5. The van der Waals surface area contributed by atoms with Crippen LogP contribution in [0.3, 0.4) is 0 Å². The van der Waals surface area contributed by atoms with Crippen LogP contribution >= 0.6 is 11.6 Å². The normalized spacial score (nSPS) is 14.2. The molecule has 1 amide bonds. The topological polar surface area (TPSA) is 38.3 Å². The number of ether oxygens (including phenoxy) is 1. The van der Waals surface area contributed by atoms with Gasteiger partial charge in [-0.15, -0.1) is 0 Å². The number of amides is 1. The summed E-state index contributed by atoms with van der Waals surface area (Å²) >= 11 is 6.21.